The van der Waals surface area contributed by atoms with E-state index in [1.165, 1.54) is 13.4 Å². The highest BCUT2D eigenvalue weighted by Gasteiger charge is 2.24. The van der Waals surface area contributed by atoms with Gasteiger partial charge in [0.15, 0.2) is 0 Å². The third-order valence-corrected chi connectivity index (χ3v) is 3.57. The van der Waals surface area contributed by atoms with Crippen LogP contribution in [-0.2, 0) is 4.79 Å². The average Bonchev–Trinajstić information content (AvgIpc) is 2.76. The Bertz CT molecular complexity index is 758. The van der Waals surface area contributed by atoms with E-state index in [0.29, 0.717) is 10.8 Å². The number of thioether (sulfide) groups is 1. The van der Waals surface area contributed by atoms with E-state index in [9.17, 15) is 9.59 Å². The Morgan fingerprint density at radius 3 is 2.85 bits per heavy atom. The Morgan fingerprint density at radius 1 is 1.30 bits per heavy atom. The van der Waals surface area contributed by atoms with Crippen molar-refractivity contribution in [1.29, 1.82) is 0 Å². The molecule has 2 aromatic rings. The van der Waals surface area contributed by atoms with E-state index < -0.39 is 0 Å². The van der Waals surface area contributed by atoms with Gasteiger partial charge in [0.25, 0.3) is 11.1 Å². The first kappa shape index (κ1) is 12.6. The van der Waals surface area contributed by atoms with Crippen LogP contribution in [-0.4, -0.2) is 28.2 Å². The van der Waals surface area contributed by atoms with Crippen molar-refractivity contribution in [2.45, 2.75) is 0 Å². The molecule has 0 unspecified atom stereocenters. The number of carbonyl (C=O) groups excluding carboxylic acids is 2. The summed E-state index contributed by atoms with van der Waals surface area (Å²) in [4.78, 5) is 31.2. The lowest BCUT2D eigenvalue weighted by Gasteiger charge is -2.04. The summed E-state index contributed by atoms with van der Waals surface area (Å²) in [5, 5.41) is 2.61. The molecule has 100 valence electrons. The first-order valence-electron chi connectivity index (χ1n) is 5.71. The standard InChI is InChI=1S/C13H9N3O3S/c1-19-12-8-4-7(2-3-9(8)14-6-15-12)5-10-11(17)16-13(18)20-10/h2-6H,1H3,(H,16,17,18)/b10-5-. The maximum absolute atomic E-state index is 11.5. The predicted molar refractivity (Wildman–Crippen MR) is 75.2 cm³/mol. The Balaban J connectivity index is 2.07. The zero-order valence-electron chi connectivity index (χ0n) is 10.4. The third-order valence-electron chi connectivity index (χ3n) is 2.76. The van der Waals surface area contributed by atoms with Gasteiger partial charge in [0.2, 0.25) is 5.88 Å². The molecule has 0 atom stereocenters. The van der Waals surface area contributed by atoms with Gasteiger partial charge in [-0.1, -0.05) is 6.07 Å². The Kier molecular flexibility index (Phi) is 3.11. The molecule has 7 heteroatoms. The summed E-state index contributed by atoms with van der Waals surface area (Å²) >= 11 is 0.883. The van der Waals surface area contributed by atoms with E-state index in [4.69, 9.17) is 4.74 Å². The minimum absolute atomic E-state index is 0.358. The molecule has 1 saturated heterocycles. The fraction of sp³-hybridized carbons (Fsp3) is 0.0769. The SMILES string of the molecule is COc1ncnc2ccc(/C=C3\SC(=O)NC3=O)cc12. The highest BCUT2D eigenvalue weighted by molar-refractivity contribution is 8.18. The number of methoxy groups -OCH3 is 1. The van der Waals surface area contributed by atoms with Crippen LogP contribution in [0.25, 0.3) is 17.0 Å². The van der Waals surface area contributed by atoms with E-state index in [1.807, 2.05) is 18.2 Å². The number of aromatic nitrogens is 2. The summed E-state index contributed by atoms with van der Waals surface area (Å²) in [6, 6.07) is 5.45. The first-order valence-corrected chi connectivity index (χ1v) is 6.52. The van der Waals surface area contributed by atoms with E-state index in [1.54, 1.807) is 6.08 Å². The molecule has 2 heterocycles. The Morgan fingerprint density at radius 2 is 2.15 bits per heavy atom. The number of hydrogen-bond acceptors (Lipinski definition) is 6. The molecular weight excluding hydrogens is 278 g/mol. The molecule has 1 fully saturated rings. The van der Waals surface area contributed by atoms with Crippen LogP contribution in [0.15, 0.2) is 29.4 Å². The molecule has 0 bridgehead atoms. The summed E-state index contributed by atoms with van der Waals surface area (Å²) in [5.74, 6) is 0.0891. The molecule has 0 aliphatic carbocycles. The van der Waals surface area contributed by atoms with Crippen LogP contribution in [0, 0.1) is 0 Å². The molecule has 3 rings (SSSR count). The largest absolute Gasteiger partial charge is 0.480 e. The molecule has 6 nitrogen and oxygen atoms in total. The van der Waals surface area contributed by atoms with Crippen molar-refractivity contribution in [1.82, 2.24) is 15.3 Å². The van der Waals surface area contributed by atoms with Gasteiger partial charge in [0.05, 0.1) is 22.9 Å². The molecule has 1 N–H and O–H groups in total. The predicted octanol–water partition coefficient (Wildman–Crippen LogP) is 1.96. The lowest BCUT2D eigenvalue weighted by Crippen LogP contribution is -2.17. The van der Waals surface area contributed by atoms with E-state index in [0.717, 1.165) is 28.2 Å². The fourth-order valence-electron chi connectivity index (χ4n) is 1.88. The van der Waals surface area contributed by atoms with Gasteiger partial charge in [0.1, 0.15) is 6.33 Å². The van der Waals surface area contributed by atoms with Gasteiger partial charge in [-0.05, 0) is 35.5 Å². The Labute approximate surface area is 118 Å². The summed E-state index contributed by atoms with van der Waals surface area (Å²) in [6.45, 7) is 0. The second-order valence-electron chi connectivity index (χ2n) is 4.01. The number of hydrogen-bond donors (Lipinski definition) is 1. The number of imide groups is 1. The lowest BCUT2D eigenvalue weighted by atomic mass is 10.1. The summed E-state index contributed by atoms with van der Waals surface area (Å²) in [5.41, 5.74) is 1.52. The number of amides is 2. The van der Waals surface area contributed by atoms with Gasteiger partial charge in [-0.2, -0.15) is 0 Å². The van der Waals surface area contributed by atoms with Crippen LogP contribution in [0.4, 0.5) is 4.79 Å². The topological polar surface area (TPSA) is 81.2 Å². The Hall–Kier alpha value is -2.41. The van der Waals surface area contributed by atoms with Crippen molar-refractivity contribution in [3.8, 4) is 5.88 Å². The fourth-order valence-corrected chi connectivity index (χ4v) is 2.56. The van der Waals surface area contributed by atoms with Crippen LogP contribution < -0.4 is 10.1 Å². The van der Waals surface area contributed by atoms with Crippen molar-refractivity contribution < 1.29 is 14.3 Å². The minimum Gasteiger partial charge on any atom is -0.480 e. The van der Waals surface area contributed by atoms with Crippen molar-refractivity contribution in [3.05, 3.63) is 35.0 Å². The van der Waals surface area contributed by atoms with E-state index >= 15 is 0 Å². The highest BCUT2D eigenvalue weighted by Crippen LogP contribution is 2.28. The zero-order valence-corrected chi connectivity index (χ0v) is 11.2. The molecule has 0 spiro atoms. The second-order valence-corrected chi connectivity index (χ2v) is 5.03. The van der Waals surface area contributed by atoms with Gasteiger partial charge < -0.3 is 4.74 Å². The minimum atomic E-state index is -0.378. The average molecular weight is 287 g/mol. The maximum atomic E-state index is 11.5. The molecule has 2 amide bonds. The smallest absolute Gasteiger partial charge is 0.290 e. The highest BCUT2D eigenvalue weighted by atomic mass is 32.2. The second kappa shape index (κ2) is 4.93. The number of nitrogens with zero attached hydrogens (tertiary/aromatic N) is 2. The number of fused-ring (bicyclic) bond motifs is 1. The van der Waals surface area contributed by atoms with Crippen molar-refractivity contribution in [2.24, 2.45) is 0 Å². The van der Waals surface area contributed by atoms with Gasteiger partial charge >= 0.3 is 0 Å². The van der Waals surface area contributed by atoms with Gasteiger partial charge in [-0.3, -0.25) is 14.9 Å². The quantitative estimate of drug-likeness (QED) is 0.850. The number of carbonyl (C=O) groups is 2. The van der Waals surface area contributed by atoms with E-state index in [2.05, 4.69) is 15.3 Å². The molecule has 0 saturated carbocycles. The number of rotatable bonds is 2. The van der Waals surface area contributed by atoms with Crippen LogP contribution in [0.5, 0.6) is 5.88 Å². The van der Waals surface area contributed by atoms with Crippen molar-refractivity contribution in [2.75, 3.05) is 7.11 Å². The van der Waals surface area contributed by atoms with Crippen molar-refractivity contribution >= 4 is 39.9 Å². The third kappa shape index (κ3) is 2.23. The lowest BCUT2D eigenvalue weighted by molar-refractivity contribution is -0.115. The molecule has 1 aliphatic rings. The first-order chi connectivity index (χ1) is 9.67. The van der Waals surface area contributed by atoms with Crippen LogP contribution in [0.2, 0.25) is 0 Å². The number of nitrogens with one attached hydrogen (secondary N) is 1. The molecule has 20 heavy (non-hydrogen) atoms. The van der Waals surface area contributed by atoms with Gasteiger partial charge in [-0.15, -0.1) is 0 Å². The van der Waals surface area contributed by atoms with Gasteiger partial charge in [-0.25, -0.2) is 9.97 Å². The monoisotopic (exact) mass is 287 g/mol. The normalized spacial score (nSPS) is 16.8. The summed E-state index contributed by atoms with van der Waals surface area (Å²) < 4.78 is 5.18. The van der Waals surface area contributed by atoms with Crippen LogP contribution in [0.1, 0.15) is 5.56 Å². The van der Waals surface area contributed by atoms with Gasteiger partial charge in [0, 0.05) is 0 Å². The van der Waals surface area contributed by atoms with Crippen LogP contribution in [0.3, 0.4) is 0 Å². The molecule has 1 aromatic carbocycles. The molecule has 1 aromatic heterocycles. The van der Waals surface area contributed by atoms with E-state index in [-0.39, 0.29) is 11.1 Å². The zero-order chi connectivity index (χ0) is 14.1. The number of benzene rings is 1. The molecular formula is C13H9N3O3S. The van der Waals surface area contributed by atoms with Crippen LogP contribution >= 0.6 is 11.8 Å². The molecule has 0 radical (unpaired) electrons. The molecule has 1 aliphatic heterocycles. The summed E-state index contributed by atoms with van der Waals surface area (Å²) in [7, 11) is 1.53. The maximum Gasteiger partial charge on any atom is 0.290 e. The number of ether oxygens (including phenoxy) is 1. The van der Waals surface area contributed by atoms with Crippen molar-refractivity contribution in [3.63, 3.8) is 0 Å². The summed E-state index contributed by atoms with van der Waals surface area (Å²) in [6.07, 6.45) is 3.08.